The van der Waals surface area contributed by atoms with Gasteiger partial charge >= 0.3 is 0 Å². The van der Waals surface area contributed by atoms with Gasteiger partial charge in [-0.05, 0) is 36.9 Å². The highest BCUT2D eigenvalue weighted by atomic mass is 79.9. The number of halogens is 1. The quantitative estimate of drug-likeness (QED) is 0.710. The van der Waals surface area contributed by atoms with Gasteiger partial charge in [0.05, 0.1) is 4.88 Å². The van der Waals surface area contributed by atoms with E-state index in [1.165, 1.54) is 10.1 Å². The zero-order chi connectivity index (χ0) is 10.3. The first-order valence-corrected chi connectivity index (χ1v) is 5.90. The molecule has 3 heteroatoms. The maximum absolute atomic E-state index is 11.3. The fraction of sp³-hybridized carbons (Fsp3) is 0.182. The summed E-state index contributed by atoms with van der Waals surface area (Å²) in [5, 5.41) is 1.18. The zero-order valence-electron chi connectivity index (χ0n) is 7.93. The standard InChI is InChI=1S/C11H9BrOS/c1-6-9-4-3-8(12)5-10(9)14-11(6)7(2)13/h3-5H,1-2H3. The lowest BCUT2D eigenvalue weighted by molar-refractivity contribution is 0.102. The largest absolute Gasteiger partial charge is 0.294 e. The molecule has 0 aliphatic rings. The summed E-state index contributed by atoms with van der Waals surface area (Å²) in [6.45, 7) is 3.62. The van der Waals surface area contributed by atoms with E-state index in [-0.39, 0.29) is 5.78 Å². The number of ketones is 1. The van der Waals surface area contributed by atoms with Gasteiger partial charge in [0.25, 0.3) is 0 Å². The Morgan fingerprint density at radius 1 is 1.43 bits per heavy atom. The minimum Gasteiger partial charge on any atom is -0.294 e. The number of carbonyl (C=O) groups is 1. The molecule has 0 bridgehead atoms. The maximum Gasteiger partial charge on any atom is 0.170 e. The summed E-state index contributed by atoms with van der Waals surface area (Å²) in [5.74, 6) is 0.153. The van der Waals surface area contributed by atoms with Crippen molar-refractivity contribution in [3.63, 3.8) is 0 Å². The second kappa shape index (κ2) is 3.48. The Kier molecular flexibility index (Phi) is 2.45. The van der Waals surface area contributed by atoms with Crippen LogP contribution in [0.4, 0.5) is 0 Å². The van der Waals surface area contributed by atoms with Gasteiger partial charge in [-0.3, -0.25) is 4.79 Å². The van der Waals surface area contributed by atoms with Crippen LogP contribution < -0.4 is 0 Å². The Morgan fingerprint density at radius 3 is 2.79 bits per heavy atom. The van der Waals surface area contributed by atoms with Gasteiger partial charge in [0.1, 0.15) is 0 Å². The van der Waals surface area contributed by atoms with Crippen molar-refractivity contribution in [2.45, 2.75) is 13.8 Å². The van der Waals surface area contributed by atoms with E-state index in [2.05, 4.69) is 28.1 Å². The number of aryl methyl sites for hydroxylation is 1. The van der Waals surface area contributed by atoms with Crippen LogP contribution in [0.15, 0.2) is 22.7 Å². The van der Waals surface area contributed by atoms with Crippen LogP contribution in [-0.2, 0) is 0 Å². The minimum absolute atomic E-state index is 0.153. The van der Waals surface area contributed by atoms with Crippen LogP contribution in [0.5, 0.6) is 0 Å². The van der Waals surface area contributed by atoms with Crippen molar-refractivity contribution in [3.8, 4) is 0 Å². The van der Waals surface area contributed by atoms with Gasteiger partial charge in [-0.1, -0.05) is 22.0 Å². The molecule has 0 aliphatic heterocycles. The van der Waals surface area contributed by atoms with Crippen molar-refractivity contribution in [2.24, 2.45) is 0 Å². The summed E-state index contributed by atoms with van der Waals surface area (Å²) in [6.07, 6.45) is 0. The van der Waals surface area contributed by atoms with Crippen molar-refractivity contribution >= 4 is 43.1 Å². The maximum atomic E-state index is 11.3. The highest BCUT2D eigenvalue weighted by Gasteiger charge is 2.11. The number of fused-ring (bicyclic) bond motifs is 1. The van der Waals surface area contributed by atoms with Crippen LogP contribution in [-0.4, -0.2) is 5.78 Å². The molecule has 0 amide bonds. The van der Waals surface area contributed by atoms with Gasteiger partial charge in [-0.15, -0.1) is 11.3 Å². The molecule has 0 saturated carbocycles. The molecule has 0 spiro atoms. The number of Topliss-reactive ketones (excluding diaryl/α,β-unsaturated/α-hetero) is 1. The first-order chi connectivity index (χ1) is 6.59. The topological polar surface area (TPSA) is 17.1 Å². The number of thiophene rings is 1. The lowest BCUT2D eigenvalue weighted by Crippen LogP contribution is -1.88. The van der Waals surface area contributed by atoms with E-state index in [1.807, 2.05) is 13.0 Å². The molecular weight excluding hydrogens is 260 g/mol. The van der Waals surface area contributed by atoms with Crippen LogP contribution >= 0.6 is 27.3 Å². The average molecular weight is 269 g/mol. The Morgan fingerprint density at radius 2 is 2.14 bits per heavy atom. The van der Waals surface area contributed by atoms with Gasteiger partial charge in [0.2, 0.25) is 0 Å². The van der Waals surface area contributed by atoms with Gasteiger partial charge in [-0.2, -0.15) is 0 Å². The van der Waals surface area contributed by atoms with Gasteiger partial charge in [0.15, 0.2) is 5.78 Å². The molecule has 1 aromatic carbocycles. The molecule has 1 nitrogen and oxygen atoms in total. The molecule has 0 atom stereocenters. The van der Waals surface area contributed by atoms with Crippen molar-refractivity contribution < 1.29 is 4.79 Å². The predicted octanol–water partition coefficient (Wildman–Crippen LogP) is 4.17. The van der Waals surface area contributed by atoms with Crippen molar-refractivity contribution in [3.05, 3.63) is 33.1 Å². The molecule has 1 heterocycles. The second-order valence-corrected chi connectivity index (χ2v) is 5.22. The molecule has 0 radical (unpaired) electrons. The molecule has 0 N–H and O–H groups in total. The van der Waals surface area contributed by atoms with Crippen molar-refractivity contribution in [1.82, 2.24) is 0 Å². The molecule has 72 valence electrons. The molecule has 0 fully saturated rings. The fourth-order valence-electron chi connectivity index (χ4n) is 1.54. The molecule has 2 aromatic rings. The van der Waals surface area contributed by atoms with Gasteiger partial charge < -0.3 is 0 Å². The second-order valence-electron chi connectivity index (χ2n) is 3.25. The highest BCUT2D eigenvalue weighted by Crippen LogP contribution is 2.32. The third kappa shape index (κ3) is 1.51. The summed E-state index contributed by atoms with van der Waals surface area (Å²) in [5.41, 5.74) is 1.10. The number of rotatable bonds is 1. The molecule has 14 heavy (non-hydrogen) atoms. The summed E-state index contributed by atoms with van der Waals surface area (Å²) in [6, 6.07) is 6.11. The minimum atomic E-state index is 0.153. The predicted molar refractivity (Wildman–Crippen MR) is 64.3 cm³/mol. The van der Waals surface area contributed by atoms with E-state index in [4.69, 9.17) is 0 Å². The molecule has 2 rings (SSSR count). The van der Waals surface area contributed by atoms with Gasteiger partial charge in [-0.25, -0.2) is 0 Å². The molecule has 0 aliphatic carbocycles. The summed E-state index contributed by atoms with van der Waals surface area (Å²) < 4.78 is 2.23. The molecule has 0 saturated heterocycles. The number of hydrogen-bond acceptors (Lipinski definition) is 2. The first-order valence-electron chi connectivity index (χ1n) is 4.29. The summed E-state index contributed by atoms with van der Waals surface area (Å²) in [4.78, 5) is 12.2. The third-order valence-corrected chi connectivity index (χ3v) is 4.07. The SMILES string of the molecule is CC(=O)c1sc2cc(Br)ccc2c1C. The summed E-state index contributed by atoms with van der Waals surface area (Å²) >= 11 is 4.99. The van der Waals surface area contributed by atoms with Gasteiger partial charge in [0, 0.05) is 9.17 Å². The number of benzene rings is 1. The molecule has 1 aromatic heterocycles. The van der Waals surface area contributed by atoms with Crippen molar-refractivity contribution in [1.29, 1.82) is 0 Å². The zero-order valence-corrected chi connectivity index (χ0v) is 10.3. The first kappa shape index (κ1) is 9.87. The Labute approximate surface area is 94.9 Å². The number of carbonyl (C=O) groups excluding carboxylic acids is 1. The van der Waals surface area contributed by atoms with E-state index in [0.717, 1.165) is 14.9 Å². The van der Waals surface area contributed by atoms with E-state index in [1.54, 1.807) is 18.3 Å². The van der Waals surface area contributed by atoms with E-state index >= 15 is 0 Å². The molecular formula is C11H9BrOS. The lowest BCUT2D eigenvalue weighted by Gasteiger charge is -1.92. The summed E-state index contributed by atoms with van der Waals surface area (Å²) in [7, 11) is 0. The highest BCUT2D eigenvalue weighted by molar-refractivity contribution is 9.10. The van der Waals surface area contributed by atoms with E-state index in [0.29, 0.717) is 0 Å². The monoisotopic (exact) mass is 268 g/mol. The third-order valence-electron chi connectivity index (χ3n) is 2.22. The van der Waals surface area contributed by atoms with Crippen LogP contribution in [0, 0.1) is 6.92 Å². The smallest absolute Gasteiger partial charge is 0.170 e. The van der Waals surface area contributed by atoms with E-state index < -0.39 is 0 Å². The Balaban J connectivity index is 2.79. The Bertz CT molecular complexity index is 513. The fourth-order valence-corrected chi connectivity index (χ4v) is 3.19. The van der Waals surface area contributed by atoms with Crippen LogP contribution in [0.25, 0.3) is 10.1 Å². The Hall–Kier alpha value is -0.670. The van der Waals surface area contributed by atoms with Crippen molar-refractivity contribution in [2.75, 3.05) is 0 Å². The molecule has 0 unspecified atom stereocenters. The van der Waals surface area contributed by atoms with E-state index in [9.17, 15) is 4.79 Å². The van der Waals surface area contributed by atoms with Crippen LogP contribution in [0.3, 0.4) is 0 Å². The normalized spacial score (nSPS) is 10.8. The number of hydrogen-bond donors (Lipinski definition) is 0. The lowest BCUT2D eigenvalue weighted by atomic mass is 10.1. The van der Waals surface area contributed by atoms with Crippen LogP contribution in [0.2, 0.25) is 0 Å². The van der Waals surface area contributed by atoms with Crippen LogP contribution in [0.1, 0.15) is 22.2 Å². The average Bonchev–Trinajstić information content (AvgIpc) is 2.43.